The average Bonchev–Trinajstić information content (AvgIpc) is 2.95. The van der Waals surface area contributed by atoms with E-state index in [1.54, 1.807) is 18.3 Å². The summed E-state index contributed by atoms with van der Waals surface area (Å²) in [5, 5.41) is 0. The van der Waals surface area contributed by atoms with Crippen LogP contribution in [0.4, 0.5) is 4.39 Å². The van der Waals surface area contributed by atoms with Crippen LogP contribution in [0.25, 0.3) is 0 Å². The second-order valence-corrected chi connectivity index (χ2v) is 4.02. The van der Waals surface area contributed by atoms with Crippen molar-refractivity contribution in [2.75, 3.05) is 0 Å². The molecule has 0 N–H and O–H groups in total. The van der Waals surface area contributed by atoms with Crippen LogP contribution in [-0.4, -0.2) is 15.9 Å². The van der Waals surface area contributed by atoms with Crippen LogP contribution < -0.4 is 0 Å². The maximum absolute atomic E-state index is 11.6. The van der Waals surface area contributed by atoms with Crippen molar-refractivity contribution in [2.24, 2.45) is 0 Å². The number of allylic oxidation sites excluding steroid dienone is 4. The van der Waals surface area contributed by atoms with Crippen molar-refractivity contribution >= 4 is 35.8 Å². The summed E-state index contributed by atoms with van der Waals surface area (Å²) in [6.07, 6.45) is 20.1. The molecule has 1 aromatic rings. The zero-order valence-electron chi connectivity index (χ0n) is 12.9. The Hall–Kier alpha value is 0.240. The maximum atomic E-state index is 11.6. The van der Waals surface area contributed by atoms with E-state index in [2.05, 4.69) is 23.7 Å². The van der Waals surface area contributed by atoms with Crippen molar-refractivity contribution in [3.63, 3.8) is 0 Å². The van der Waals surface area contributed by atoms with Crippen molar-refractivity contribution in [2.45, 2.75) is 38.5 Å². The number of pyridine rings is 1. The third kappa shape index (κ3) is 20.2. The minimum atomic E-state index is -0.227. The fraction of sp³-hybridized carbons (Fsp3) is 0.375. The molecule has 0 aliphatic heterocycles. The number of nitrogens with zero attached hydrogens (tertiary/aromatic N) is 1. The standard InChI is InChI=1S/C6H11.C5H4F.C5H4N.2ClH.H3Si.Zr/c1-2-4-6-5-3-1;6-5-3-1-2-4-5;1-2-4-6-5-3-1;;;;/h1H,2-6H2;1,3H,2H2;1-4H;2*1H;1H3;/q3*-1;;;;+3. The van der Waals surface area contributed by atoms with Crippen molar-refractivity contribution in [3.05, 3.63) is 61.1 Å². The maximum Gasteiger partial charge on any atom is 3.00 e. The molecule has 0 saturated heterocycles. The third-order valence-electron chi connectivity index (χ3n) is 2.49. The molecule has 2 aliphatic rings. The van der Waals surface area contributed by atoms with E-state index in [-0.39, 0.29) is 67.8 Å². The van der Waals surface area contributed by atoms with Gasteiger partial charge >= 0.3 is 26.2 Å². The second kappa shape index (κ2) is 23.5. The van der Waals surface area contributed by atoms with Gasteiger partial charge in [0, 0.05) is 0 Å². The van der Waals surface area contributed by atoms with E-state index in [0.717, 1.165) is 0 Å². The molecule has 1 fully saturated rings. The van der Waals surface area contributed by atoms with Crippen LogP contribution in [0.15, 0.2) is 42.4 Å². The molecule has 0 unspecified atom stereocenters. The van der Waals surface area contributed by atoms with Crippen LogP contribution in [0.2, 0.25) is 0 Å². The van der Waals surface area contributed by atoms with Gasteiger partial charge in [-0.2, -0.15) is 43.2 Å². The van der Waals surface area contributed by atoms with E-state index in [9.17, 15) is 4.39 Å². The Morgan fingerprint density at radius 1 is 1.09 bits per heavy atom. The number of hydrogen-bond donors (Lipinski definition) is 0. The molecule has 1 saturated carbocycles. The van der Waals surface area contributed by atoms with E-state index in [4.69, 9.17) is 0 Å². The van der Waals surface area contributed by atoms with Crippen molar-refractivity contribution < 1.29 is 30.6 Å². The topological polar surface area (TPSA) is 12.9 Å². The van der Waals surface area contributed by atoms with Gasteiger partial charge in [-0.1, -0.05) is 31.7 Å². The first-order valence-corrected chi connectivity index (χ1v) is 6.41. The van der Waals surface area contributed by atoms with Gasteiger partial charge in [0.1, 0.15) is 0 Å². The van der Waals surface area contributed by atoms with Gasteiger partial charge in [-0.15, -0.1) is 31.2 Å². The first-order chi connectivity index (χ1) is 8.89. The molecule has 3 rings (SSSR count). The summed E-state index contributed by atoms with van der Waals surface area (Å²) in [4.78, 5) is 3.66. The Balaban J connectivity index is -0.000000101. The van der Waals surface area contributed by atoms with Gasteiger partial charge < -0.3 is 11.4 Å². The molecule has 0 atom stereocenters. The van der Waals surface area contributed by atoms with Crippen molar-refractivity contribution in [1.82, 2.24) is 4.98 Å². The Morgan fingerprint density at radius 2 is 1.77 bits per heavy atom. The van der Waals surface area contributed by atoms with Gasteiger partial charge in [-0.25, -0.2) is 10.5 Å². The van der Waals surface area contributed by atoms with E-state index in [0.29, 0.717) is 6.42 Å². The Morgan fingerprint density at radius 3 is 1.91 bits per heavy atom. The van der Waals surface area contributed by atoms with Crippen LogP contribution >= 0.6 is 24.8 Å². The molecule has 0 aromatic carbocycles. The minimum Gasteiger partial charge on any atom is -0.394 e. The SMILES string of the molecule is Cl.Cl.FC1=[C-]CC=C1.[CH-]1CCCCC1.[SiH3].[Zr+3].[c-]1ccccn1. The summed E-state index contributed by atoms with van der Waals surface area (Å²) in [5.74, 6) is -0.227. The van der Waals surface area contributed by atoms with E-state index < -0.39 is 0 Å². The second-order valence-electron chi connectivity index (χ2n) is 4.02. The summed E-state index contributed by atoms with van der Waals surface area (Å²) < 4.78 is 11.6. The van der Waals surface area contributed by atoms with Gasteiger partial charge in [-0.3, -0.25) is 0 Å². The van der Waals surface area contributed by atoms with Gasteiger partial charge in [0.15, 0.2) is 0 Å². The molecule has 2 aliphatic carbocycles. The molecular formula is C16H24Cl2FNSiZr. The molecule has 1 heterocycles. The summed E-state index contributed by atoms with van der Waals surface area (Å²) in [7, 11) is 0. The summed E-state index contributed by atoms with van der Waals surface area (Å²) in [5.41, 5.74) is 0. The van der Waals surface area contributed by atoms with E-state index in [1.165, 1.54) is 38.2 Å². The quantitative estimate of drug-likeness (QED) is 0.434. The van der Waals surface area contributed by atoms with E-state index >= 15 is 0 Å². The average molecular weight is 440 g/mol. The molecule has 1 aromatic heterocycles. The third-order valence-corrected chi connectivity index (χ3v) is 2.49. The number of hydrogen-bond acceptors (Lipinski definition) is 1. The van der Waals surface area contributed by atoms with E-state index in [1.807, 2.05) is 12.1 Å². The summed E-state index contributed by atoms with van der Waals surface area (Å²) in [6, 6.07) is 5.50. The fourth-order valence-electron chi connectivity index (χ4n) is 1.55. The van der Waals surface area contributed by atoms with Crippen LogP contribution in [0.5, 0.6) is 0 Å². The summed E-state index contributed by atoms with van der Waals surface area (Å²) in [6.45, 7) is 0. The molecule has 1 nitrogen and oxygen atoms in total. The normalized spacial score (nSPS) is 13.8. The molecule has 0 spiro atoms. The zero-order chi connectivity index (χ0) is 12.9. The Kier molecular flexibility index (Phi) is 32.2. The Bertz CT molecular complexity index is 319. The molecule has 122 valence electrons. The Labute approximate surface area is 170 Å². The predicted molar refractivity (Wildman–Crippen MR) is 96.5 cm³/mol. The molecule has 6 heteroatoms. The van der Waals surface area contributed by atoms with Gasteiger partial charge in [0.25, 0.3) is 0 Å². The monoisotopic (exact) mass is 437 g/mol. The smallest absolute Gasteiger partial charge is 0.394 e. The molecule has 2 radical (unpaired) electrons. The van der Waals surface area contributed by atoms with Gasteiger partial charge in [0.05, 0.1) is 0 Å². The summed E-state index contributed by atoms with van der Waals surface area (Å²) >= 11 is 0. The van der Waals surface area contributed by atoms with Crippen LogP contribution in [-0.2, 0) is 26.2 Å². The first kappa shape index (κ1) is 30.2. The largest absolute Gasteiger partial charge is 3.00 e. The molecular weight excluding hydrogens is 415 g/mol. The molecule has 0 amide bonds. The van der Waals surface area contributed by atoms with Gasteiger partial charge in [-0.05, 0) is 16.8 Å². The minimum absolute atomic E-state index is 0. The fourth-order valence-corrected chi connectivity index (χ4v) is 1.55. The molecule has 22 heavy (non-hydrogen) atoms. The van der Waals surface area contributed by atoms with Crippen LogP contribution in [0.1, 0.15) is 38.5 Å². The number of aromatic nitrogens is 1. The van der Waals surface area contributed by atoms with Crippen LogP contribution in [0.3, 0.4) is 0 Å². The van der Waals surface area contributed by atoms with Gasteiger partial charge in [0.2, 0.25) is 0 Å². The van der Waals surface area contributed by atoms with Crippen molar-refractivity contribution in [3.8, 4) is 0 Å². The number of rotatable bonds is 0. The first-order valence-electron chi connectivity index (χ1n) is 6.41. The molecule has 0 bridgehead atoms. The number of halogens is 3. The zero-order valence-corrected chi connectivity index (χ0v) is 19.0. The predicted octanol–water partition coefficient (Wildman–Crippen LogP) is 4.30. The van der Waals surface area contributed by atoms with Crippen molar-refractivity contribution in [1.29, 1.82) is 0 Å². The van der Waals surface area contributed by atoms with Crippen LogP contribution in [0, 0.1) is 18.7 Å².